The summed E-state index contributed by atoms with van der Waals surface area (Å²) in [6, 6.07) is 13.2. The van der Waals surface area contributed by atoms with E-state index in [0.717, 1.165) is 21.4 Å². The first-order chi connectivity index (χ1) is 15.9. The molecule has 0 unspecified atom stereocenters. The van der Waals surface area contributed by atoms with Gasteiger partial charge in [0.1, 0.15) is 17.2 Å². The number of carbonyl (C=O) groups excluding carboxylic acids is 2. The summed E-state index contributed by atoms with van der Waals surface area (Å²) < 4.78 is 11.8. The molecule has 33 heavy (non-hydrogen) atoms. The van der Waals surface area contributed by atoms with Crippen molar-refractivity contribution < 1.29 is 19.1 Å². The van der Waals surface area contributed by atoms with Gasteiger partial charge >= 0.3 is 0 Å². The second-order valence-corrected chi connectivity index (χ2v) is 9.26. The molecule has 0 saturated carbocycles. The van der Waals surface area contributed by atoms with Gasteiger partial charge in [0, 0.05) is 42.3 Å². The molecule has 2 aromatic carbocycles. The van der Waals surface area contributed by atoms with Crippen LogP contribution in [0.25, 0.3) is 10.9 Å². The van der Waals surface area contributed by atoms with Gasteiger partial charge in [0.2, 0.25) is 0 Å². The quantitative estimate of drug-likeness (QED) is 0.591. The molecule has 3 aromatic rings. The fourth-order valence-corrected chi connectivity index (χ4v) is 5.08. The third-order valence-electron chi connectivity index (χ3n) is 6.31. The van der Waals surface area contributed by atoms with E-state index >= 15 is 0 Å². The fraction of sp³-hybridized carbons (Fsp3) is 0.320. The summed E-state index contributed by atoms with van der Waals surface area (Å²) >= 11 is 1.58. The van der Waals surface area contributed by atoms with E-state index in [1.54, 1.807) is 29.8 Å². The first-order valence-corrected chi connectivity index (χ1v) is 12.1. The number of methoxy groups -OCH3 is 1. The number of benzene rings is 2. The monoisotopic (exact) mass is 463 g/mol. The molecular weight excluding hydrogens is 438 g/mol. The number of pyridine rings is 1. The van der Waals surface area contributed by atoms with E-state index < -0.39 is 5.72 Å². The van der Waals surface area contributed by atoms with Crippen LogP contribution in [0.5, 0.6) is 11.5 Å². The molecule has 2 aliphatic rings. The number of aryl methyl sites for hydroxylation is 1. The van der Waals surface area contributed by atoms with Crippen molar-refractivity contribution in [3.05, 3.63) is 59.3 Å². The van der Waals surface area contributed by atoms with Gasteiger partial charge in [0.05, 0.1) is 18.2 Å². The minimum Gasteiger partial charge on any atom is -0.496 e. The van der Waals surface area contributed by atoms with E-state index in [2.05, 4.69) is 5.32 Å². The number of carbonyl (C=O) groups is 2. The number of amides is 2. The van der Waals surface area contributed by atoms with Gasteiger partial charge in [0.15, 0.2) is 5.72 Å². The van der Waals surface area contributed by atoms with Crippen molar-refractivity contribution in [1.82, 2.24) is 15.2 Å². The Morgan fingerprint density at radius 3 is 2.73 bits per heavy atom. The fourth-order valence-electron chi connectivity index (χ4n) is 4.51. The first kappa shape index (κ1) is 21.6. The van der Waals surface area contributed by atoms with Crippen LogP contribution in [0, 0.1) is 6.92 Å². The number of aromatic nitrogens is 1. The second-order valence-electron chi connectivity index (χ2n) is 8.41. The van der Waals surface area contributed by atoms with Gasteiger partial charge < -0.3 is 19.7 Å². The third kappa shape index (κ3) is 3.78. The molecule has 0 bridgehead atoms. The molecule has 3 heterocycles. The van der Waals surface area contributed by atoms with Crippen molar-refractivity contribution in [3.8, 4) is 11.5 Å². The Kier molecular flexibility index (Phi) is 5.40. The molecule has 5 rings (SSSR count). The van der Waals surface area contributed by atoms with Crippen molar-refractivity contribution in [2.75, 3.05) is 26.5 Å². The van der Waals surface area contributed by atoms with Crippen LogP contribution >= 0.6 is 11.8 Å². The van der Waals surface area contributed by atoms with Crippen LogP contribution in [0.15, 0.2) is 47.4 Å². The molecule has 0 radical (unpaired) electrons. The lowest BCUT2D eigenvalue weighted by atomic mass is 9.96. The smallest absolute Gasteiger partial charge is 0.272 e. The Labute approximate surface area is 196 Å². The zero-order valence-corrected chi connectivity index (χ0v) is 19.6. The van der Waals surface area contributed by atoms with Crippen LogP contribution in [0.3, 0.4) is 0 Å². The summed E-state index contributed by atoms with van der Waals surface area (Å²) in [4.78, 5) is 33.5. The maximum Gasteiger partial charge on any atom is 0.272 e. The largest absolute Gasteiger partial charge is 0.496 e. The Morgan fingerprint density at radius 1 is 1.21 bits per heavy atom. The van der Waals surface area contributed by atoms with Gasteiger partial charge in [-0.05, 0) is 37.4 Å². The molecule has 7 nitrogen and oxygen atoms in total. The average Bonchev–Trinajstić information content (AvgIpc) is 2.83. The van der Waals surface area contributed by atoms with Crippen molar-refractivity contribution in [2.24, 2.45) is 0 Å². The van der Waals surface area contributed by atoms with E-state index in [9.17, 15) is 9.59 Å². The number of likely N-dealkylation sites (tertiary alicyclic amines) is 1. The summed E-state index contributed by atoms with van der Waals surface area (Å²) in [6.07, 6.45) is 2.98. The molecule has 1 fully saturated rings. The molecule has 1 saturated heterocycles. The predicted molar refractivity (Wildman–Crippen MR) is 127 cm³/mol. The first-order valence-electron chi connectivity index (χ1n) is 10.9. The molecule has 8 heteroatoms. The van der Waals surface area contributed by atoms with E-state index in [0.29, 0.717) is 48.7 Å². The summed E-state index contributed by atoms with van der Waals surface area (Å²) in [7, 11) is 1.60. The number of ether oxygens (including phenoxy) is 2. The van der Waals surface area contributed by atoms with Crippen molar-refractivity contribution in [3.63, 3.8) is 0 Å². The lowest BCUT2D eigenvalue weighted by molar-refractivity contribution is -0.0246. The lowest BCUT2D eigenvalue weighted by Crippen LogP contribution is -2.61. The van der Waals surface area contributed by atoms with E-state index in [1.807, 2.05) is 49.6 Å². The van der Waals surface area contributed by atoms with Gasteiger partial charge in [-0.25, -0.2) is 4.98 Å². The standard InChI is InChI=1S/C25H25N3O4S/c1-15-7-8-19-17(13-15)23(29)27-25(32-19)9-11-28(12-10-25)24(30)18-14-20(31-2)16-5-4-6-21(33-3)22(16)26-18/h4-8,13-14H,9-12H2,1-3H3,(H,27,29). The van der Waals surface area contributed by atoms with Gasteiger partial charge in [-0.2, -0.15) is 0 Å². The number of rotatable bonds is 3. The zero-order valence-electron chi connectivity index (χ0n) is 18.8. The maximum atomic E-state index is 13.4. The van der Waals surface area contributed by atoms with E-state index in [4.69, 9.17) is 14.5 Å². The highest BCUT2D eigenvalue weighted by Crippen LogP contribution is 2.35. The highest BCUT2D eigenvalue weighted by atomic mass is 32.2. The average molecular weight is 464 g/mol. The maximum absolute atomic E-state index is 13.4. The molecule has 0 atom stereocenters. The van der Waals surface area contributed by atoms with Crippen LogP contribution in [-0.4, -0.2) is 53.9 Å². The molecule has 170 valence electrons. The van der Waals surface area contributed by atoms with Crippen molar-refractivity contribution in [1.29, 1.82) is 0 Å². The minimum atomic E-state index is -0.795. The normalized spacial score (nSPS) is 16.8. The number of fused-ring (bicyclic) bond motifs is 2. The molecule has 0 aliphatic carbocycles. The minimum absolute atomic E-state index is 0.134. The number of para-hydroxylation sites is 1. The number of nitrogens with zero attached hydrogens (tertiary/aromatic N) is 2. The Balaban J connectivity index is 1.38. The molecule has 1 spiro atoms. The summed E-state index contributed by atoms with van der Waals surface area (Å²) in [5.41, 5.74) is 1.88. The Hall–Kier alpha value is -3.26. The zero-order chi connectivity index (χ0) is 23.2. The highest BCUT2D eigenvalue weighted by molar-refractivity contribution is 7.98. The SMILES string of the molecule is COc1cc(C(=O)N2CCC3(CC2)NC(=O)c2cc(C)ccc2O3)nc2c(SC)cccc12. The van der Waals surface area contributed by atoms with Crippen molar-refractivity contribution >= 4 is 34.5 Å². The molecule has 1 aromatic heterocycles. The van der Waals surface area contributed by atoms with E-state index in [1.165, 1.54) is 0 Å². The molecule has 1 N–H and O–H groups in total. The van der Waals surface area contributed by atoms with Crippen LogP contribution in [0.1, 0.15) is 39.3 Å². The number of piperidine rings is 1. The summed E-state index contributed by atoms with van der Waals surface area (Å²) in [6.45, 7) is 2.85. The summed E-state index contributed by atoms with van der Waals surface area (Å²) in [5.74, 6) is 0.932. The van der Waals surface area contributed by atoms with Crippen LogP contribution in [0.2, 0.25) is 0 Å². The molecular formula is C25H25N3O4S. The molecule has 2 amide bonds. The molecule has 2 aliphatic heterocycles. The highest BCUT2D eigenvalue weighted by Gasteiger charge is 2.43. The van der Waals surface area contributed by atoms with Gasteiger partial charge in [0.25, 0.3) is 11.8 Å². The second kappa shape index (κ2) is 8.26. The Bertz CT molecular complexity index is 1270. The van der Waals surface area contributed by atoms with E-state index in [-0.39, 0.29) is 11.8 Å². The predicted octanol–water partition coefficient (Wildman–Crippen LogP) is 4.03. The lowest BCUT2D eigenvalue weighted by Gasteiger charge is -2.44. The third-order valence-corrected chi connectivity index (χ3v) is 7.08. The number of hydrogen-bond donors (Lipinski definition) is 1. The van der Waals surface area contributed by atoms with Gasteiger partial charge in [-0.3, -0.25) is 9.59 Å². The van der Waals surface area contributed by atoms with Crippen LogP contribution in [-0.2, 0) is 0 Å². The number of hydrogen-bond acceptors (Lipinski definition) is 6. The van der Waals surface area contributed by atoms with Gasteiger partial charge in [-0.1, -0.05) is 17.7 Å². The summed E-state index contributed by atoms with van der Waals surface area (Å²) in [5, 5.41) is 3.91. The van der Waals surface area contributed by atoms with Crippen LogP contribution < -0.4 is 14.8 Å². The van der Waals surface area contributed by atoms with Crippen LogP contribution in [0.4, 0.5) is 0 Å². The van der Waals surface area contributed by atoms with Gasteiger partial charge in [-0.15, -0.1) is 11.8 Å². The number of nitrogens with one attached hydrogen (secondary N) is 1. The topological polar surface area (TPSA) is 80.8 Å². The van der Waals surface area contributed by atoms with Crippen molar-refractivity contribution in [2.45, 2.75) is 30.4 Å². The number of thioether (sulfide) groups is 1. The Morgan fingerprint density at radius 2 is 2.00 bits per heavy atom.